The van der Waals surface area contributed by atoms with E-state index in [0.29, 0.717) is 36.4 Å². The number of anilines is 2. The van der Waals surface area contributed by atoms with Crippen molar-refractivity contribution >= 4 is 35.2 Å². The topological polar surface area (TPSA) is 67.9 Å². The zero-order valence-electron chi connectivity index (χ0n) is 18.0. The maximum atomic E-state index is 13.5. The minimum atomic E-state index is -2.96. The molecule has 2 aliphatic heterocycles. The normalized spacial score (nSPS) is 24.7. The molecule has 2 aromatic rings. The van der Waals surface area contributed by atoms with Crippen LogP contribution in [-0.4, -0.2) is 29.9 Å². The number of rotatable bonds is 6. The van der Waals surface area contributed by atoms with Gasteiger partial charge in [0, 0.05) is 30.1 Å². The second-order valence-electron chi connectivity index (χ2n) is 8.27. The highest BCUT2D eigenvalue weighted by molar-refractivity contribution is 7.96. The van der Waals surface area contributed by atoms with Gasteiger partial charge in [-0.05, 0) is 56.2 Å². The fraction of sp³-hybridized carbons (Fsp3) is 0.391. The number of carbonyl (C=O) groups is 2. The van der Waals surface area contributed by atoms with Gasteiger partial charge in [0.2, 0.25) is 5.91 Å². The van der Waals surface area contributed by atoms with Gasteiger partial charge < -0.3 is 14.2 Å². The Morgan fingerprint density at radius 2 is 2.06 bits per heavy atom. The number of nitrogens with zero attached hydrogens (tertiary/aromatic N) is 1. The summed E-state index contributed by atoms with van der Waals surface area (Å²) >= 11 is 1.24. The van der Waals surface area contributed by atoms with Crippen molar-refractivity contribution in [2.45, 2.75) is 50.5 Å². The van der Waals surface area contributed by atoms with Crippen LogP contribution in [0.15, 0.2) is 42.5 Å². The molecule has 1 saturated heterocycles. The van der Waals surface area contributed by atoms with Crippen LogP contribution in [0.2, 0.25) is 0 Å². The van der Waals surface area contributed by atoms with Crippen molar-refractivity contribution in [2.24, 2.45) is 0 Å². The highest BCUT2D eigenvalue weighted by Crippen LogP contribution is 2.48. The Balaban J connectivity index is 1.71. The molecule has 2 atom stereocenters. The number of hydrogen-bond donors (Lipinski definition) is 1. The summed E-state index contributed by atoms with van der Waals surface area (Å²) in [6.45, 7) is 3.25. The molecule has 2 heterocycles. The molecule has 0 radical (unpaired) electrons. The van der Waals surface area contributed by atoms with Gasteiger partial charge in [-0.15, -0.1) is 0 Å². The van der Waals surface area contributed by atoms with E-state index in [1.54, 1.807) is 30.3 Å². The van der Waals surface area contributed by atoms with Crippen LogP contribution in [0.25, 0.3) is 0 Å². The van der Waals surface area contributed by atoms with Crippen LogP contribution in [0.5, 0.6) is 5.75 Å². The van der Waals surface area contributed by atoms with Crippen LogP contribution < -0.4 is 15.0 Å². The van der Waals surface area contributed by atoms with Gasteiger partial charge >= 0.3 is 6.61 Å². The van der Waals surface area contributed by atoms with Crippen LogP contribution in [0.1, 0.15) is 49.5 Å². The number of benzene rings is 2. The lowest BCUT2D eigenvalue weighted by Gasteiger charge is -2.23. The Morgan fingerprint density at radius 3 is 2.72 bits per heavy atom. The molecule has 32 heavy (non-hydrogen) atoms. The minimum Gasteiger partial charge on any atom is -0.435 e. The summed E-state index contributed by atoms with van der Waals surface area (Å²) in [6.07, 6.45) is 1.21. The van der Waals surface area contributed by atoms with Gasteiger partial charge in [0.15, 0.2) is 0 Å². The molecular formula is C23H24F2N2O4S. The lowest BCUT2D eigenvalue weighted by Crippen LogP contribution is -2.41. The predicted octanol–water partition coefficient (Wildman–Crippen LogP) is 5.15. The zero-order valence-corrected chi connectivity index (χ0v) is 18.8. The largest absolute Gasteiger partial charge is 0.435 e. The van der Waals surface area contributed by atoms with E-state index in [1.807, 2.05) is 20.8 Å². The van der Waals surface area contributed by atoms with Gasteiger partial charge in [-0.1, -0.05) is 13.0 Å². The van der Waals surface area contributed by atoms with Gasteiger partial charge in [0.05, 0.1) is 23.4 Å². The van der Waals surface area contributed by atoms with Crippen molar-refractivity contribution in [1.82, 2.24) is 5.32 Å². The van der Waals surface area contributed by atoms with E-state index in [9.17, 15) is 18.4 Å². The average Bonchev–Trinajstić information content (AvgIpc) is 3.27. The number of amides is 2. The third kappa shape index (κ3) is 3.95. The van der Waals surface area contributed by atoms with E-state index in [2.05, 4.69) is 10.1 Å². The van der Waals surface area contributed by atoms with Crippen molar-refractivity contribution in [3.05, 3.63) is 53.6 Å². The van der Waals surface area contributed by atoms with Crippen molar-refractivity contribution in [3.8, 4) is 5.75 Å². The number of hydrogen-bond acceptors (Lipinski definition) is 5. The number of carbonyl (C=O) groups excluding carboxylic acids is 2. The number of alkyl halides is 2. The summed E-state index contributed by atoms with van der Waals surface area (Å²) in [4.78, 5) is 27.4. The van der Waals surface area contributed by atoms with Crippen LogP contribution in [0.3, 0.4) is 0 Å². The van der Waals surface area contributed by atoms with Gasteiger partial charge in [0.25, 0.3) is 5.91 Å². The van der Waals surface area contributed by atoms with E-state index < -0.39 is 16.9 Å². The first-order chi connectivity index (χ1) is 15.2. The Morgan fingerprint density at radius 1 is 1.28 bits per heavy atom. The Hall–Kier alpha value is -2.65. The molecule has 2 aromatic carbocycles. The molecule has 2 amide bonds. The maximum Gasteiger partial charge on any atom is 0.387 e. The van der Waals surface area contributed by atoms with Gasteiger partial charge in [-0.2, -0.15) is 8.78 Å². The zero-order chi connectivity index (χ0) is 23.1. The highest BCUT2D eigenvalue weighted by atomic mass is 32.2. The second-order valence-corrected chi connectivity index (χ2v) is 9.58. The minimum absolute atomic E-state index is 0.0301. The lowest BCUT2D eigenvalue weighted by atomic mass is 9.80. The van der Waals surface area contributed by atoms with Crippen molar-refractivity contribution in [1.29, 1.82) is 0 Å². The molecule has 170 valence electrons. The van der Waals surface area contributed by atoms with Crippen molar-refractivity contribution < 1.29 is 27.3 Å². The monoisotopic (exact) mass is 462 g/mol. The standard InChI is InChI=1S/C23H24F2N2O4S/c1-4-22(2)17-12-14(19(28)26-23(3)10-11-30-32-23)8-9-18(17)27(20(22)29)15-6-5-7-16(13-15)31-21(24)25/h5-9,12-13,21H,4,10-11H2,1-3H3,(H,26,28)/t22-,23?/m1/s1. The maximum absolute atomic E-state index is 13.5. The molecule has 1 fully saturated rings. The molecular weight excluding hydrogens is 438 g/mol. The SMILES string of the molecule is CC[C@@]1(C)C(=O)N(c2cccc(OC(F)F)c2)c2ccc(C(=O)NC3(C)CCOS3)cc21. The first-order valence-electron chi connectivity index (χ1n) is 10.3. The summed E-state index contributed by atoms with van der Waals surface area (Å²) in [5.41, 5.74) is 1.35. The Bertz CT molecular complexity index is 1060. The van der Waals surface area contributed by atoms with Crippen LogP contribution >= 0.6 is 12.0 Å². The molecule has 2 aliphatic rings. The van der Waals surface area contributed by atoms with Gasteiger partial charge in [-0.3, -0.25) is 14.5 Å². The number of nitrogens with one attached hydrogen (secondary N) is 1. The first kappa shape index (κ1) is 22.5. The summed E-state index contributed by atoms with van der Waals surface area (Å²) in [5, 5.41) is 3.00. The fourth-order valence-corrected chi connectivity index (χ4v) is 4.76. The Labute approximate surface area is 189 Å². The smallest absolute Gasteiger partial charge is 0.387 e. The summed E-state index contributed by atoms with van der Waals surface area (Å²) in [5.74, 6) is -0.462. The second kappa shape index (κ2) is 8.37. The third-order valence-corrected chi connectivity index (χ3v) is 7.02. The quantitative estimate of drug-likeness (QED) is 0.602. The lowest BCUT2D eigenvalue weighted by molar-refractivity contribution is -0.122. The number of halogens is 2. The molecule has 1 unspecified atom stereocenters. The molecule has 0 aromatic heterocycles. The van der Waals surface area contributed by atoms with E-state index in [0.717, 1.165) is 5.56 Å². The highest BCUT2D eigenvalue weighted by Gasteiger charge is 2.47. The Kier molecular flexibility index (Phi) is 5.89. The molecule has 9 heteroatoms. The first-order valence-corrected chi connectivity index (χ1v) is 11.1. The third-order valence-electron chi connectivity index (χ3n) is 6.06. The van der Waals surface area contributed by atoms with E-state index in [1.165, 1.54) is 29.1 Å². The molecule has 0 spiro atoms. The summed E-state index contributed by atoms with van der Waals surface area (Å²) in [6, 6.07) is 11.2. The molecule has 0 aliphatic carbocycles. The van der Waals surface area contributed by atoms with E-state index >= 15 is 0 Å². The fourth-order valence-electron chi connectivity index (χ4n) is 4.03. The van der Waals surface area contributed by atoms with Crippen LogP contribution in [0.4, 0.5) is 20.2 Å². The van der Waals surface area contributed by atoms with E-state index in [4.69, 9.17) is 4.18 Å². The van der Waals surface area contributed by atoms with Crippen LogP contribution in [-0.2, 0) is 14.4 Å². The molecule has 4 rings (SSSR count). The molecule has 1 N–H and O–H groups in total. The van der Waals surface area contributed by atoms with Crippen LogP contribution in [0, 0.1) is 0 Å². The molecule has 0 saturated carbocycles. The van der Waals surface area contributed by atoms with Crippen molar-refractivity contribution in [3.63, 3.8) is 0 Å². The van der Waals surface area contributed by atoms with Gasteiger partial charge in [-0.25, -0.2) is 0 Å². The summed E-state index contributed by atoms with van der Waals surface area (Å²) < 4.78 is 35.2. The number of fused-ring (bicyclic) bond motifs is 1. The molecule has 6 nitrogen and oxygen atoms in total. The predicted molar refractivity (Wildman–Crippen MR) is 118 cm³/mol. The number of ether oxygens (including phenoxy) is 1. The average molecular weight is 463 g/mol. The van der Waals surface area contributed by atoms with E-state index in [-0.39, 0.29) is 17.6 Å². The van der Waals surface area contributed by atoms with Gasteiger partial charge in [0.1, 0.15) is 10.6 Å². The van der Waals surface area contributed by atoms with Crippen molar-refractivity contribution in [2.75, 3.05) is 11.5 Å². The molecule has 0 bridgehead atoms. The summed E-state index contributed by atoms with van der Waals surface area (Å²) in [7, 11) is 0.